The van der Waals surface area contributed by atoms with Crippen LogP contribution in [-0.2, 0) is 25.6 Å². The maximum absolute atomic E-state index is 12.5. The fourth-order valence-electron chi connectivity index (χ4n) is 3.58. The zero-order valence-electron chi connectivity index (χ0n) is 20.6. The minimum absolute atomic E-state index is 0.0707. The zero-order chi connectivity index (χ0) is 27.3. The van der Waals surface area contributed by atoms with Crippen LogP contribution in [0, 0.1) is 0 Å². The Morgan fingerprint density at radius 3 is 2.26 bits per heavy atom. The fourth-order valence-corrected chi connectivity index (χ4v) is 5.35. The molecule has 0 bridgehead atoms. The molecule has 4 aromatic rings. The number of sulfonamides is 1. The second-order valence-electron chi connectivity index (χ2n) is 8.50. The van der Waals surface area contributed by atoms with Crippen molar-refractivity contribution in [1.82, 2.24) is 9.97 Å². The molecule has 0 saturated heterocycles. The highest BCUT2D eigenvalue weighted by Crippen LogP contribution is 2.25. The standard InChI is InChI=1S/C26H25N5O5S2/c1-31(23-13-11-21(12-14-23)30-38(35,36)25(32)20-8-4-3-5-9-20)24-15-16-27-26(29-24)28-22-10-6-7-19(17-22)18-37(2,33)34/h3-17,30H,18H2,1-2H3,(H,27,28,29). The van der Waals surface area contributed by atoms with E-state index in [1.807, 2.05) is 0 Å². The van der Waals surface area contributed by atoms with Crippen molar-refractivity contribution < 1.29 is 21.6 Å². The Morgan fingerprint density at radius 1 is 0.868 bits per heavy atom. The summed E-state index contributed by atoms with van der Waals surface area (Å²) in [4.78, 5) is 22.9. The van der Waals surface area contributed by atoms with Crippen LogP contribution in [0.5, 0.6) is 0 Å². The molecule has 0 amide bonds. The number of hydrogen-bond acceptors (Lipinski definition) is 9. The summed E-state index contributed by atoms with van der Waals surface area (Å²) in [7, 11) is -5.64. The van der Waals surface area contributed by atoms with Crippen LogP contribution in [0.15, 0.2) is 91.1 Å². The van der Waals surface area contributed by atoms with E-state index in [4.69, 9.17) is 0 Å². The molecule has 196 valence electrons. The molecule has 0 spiro atoms. The minimum atomic E-state index is -4.27. The Labute approximate surface area is 221 Å². The first kappa shape index (κ1) is 26.8. The molecule has 0 saturated carbocycles. The van der Waals surface area contributed by atoms with Crippen molar-refractivity contribution >= 4 is 53.8 Å². The number of carbonyl (C=O) groups excluding carboxylic acids is 1. The van der Waals surface area contributed by atoms with E-state index in [1.165, 1.54) is 18.4 Å². The Kier molecular flexibility index (Phi) is 7.74. The molecule has 0 aliphatic carbocycles. The normalized spacial score (nSPS) is 11.5. The molecule has 0 atom stereocenters. The molecule has 0 fully saturated rings. The van der Waals surface area contributed by atoms with Crippen LogP contribution in [0.3, 0.4) is 0 Å². The number of hydrogen-bond donors (Lipinski definition) is 2. The molecular weight excluding hydrogens is 526 g/mol. The van der Waals surface area contributed by atoms with Gasteiger partial charge in [-0.05, 0) is 48.0 Å². The van der Waals surface area contributed by atoms with Crippen LogP contribution < -0.4 is 14.9 Å². The Morgan fingerprint density at radius 2 is 1.58 bits per heavy atom. The molecule has 12 heteroatoms. The Hall–Kier alpha value is -4.29. The van der Waals surface area contributed by atoms with Gasteiger partial charge in [-0.2, -0.15) is 13.4 Å². The molecule has 1 heterocycles. The summed E-state index contributed by atoms with van der Waals surface area (Å²) in [5.41, 5.74) is 2.32. The third-order valence-corrected chi connectivity index (χ3v) is 7.44. The van der Waals surface area contributed by atoms with Crippen LogP contribution in [0.1, 0.15) is 15.9 Å². The number of rotatable bonds is 9. The lowest BCUT2D eigenvalue weighted by Crippen LogP contribution is -2.23. The van der Waals surface area contributed by atoms with Gasteiger partial charge >= 0.3 is 10.0 Å². The van der Waals surface area contributed by atoms with Crippen molar-refractivity contribution in [1.29, 1.82) is 0 Å². The lowest BCUT2D eigenvalue weighted by atomic mass is 10.2. The monoisotopic (exact) mass is 551 g/mol. The van der Waals surface area contributed by atoms with E-state index in [0.29, 0.717) is 28.7 Å². The average Bonchev–Trinajstić information content (AvgIpc) is 2.88. The summed E-state index contributed by atoms with van der Waals surface area (Å²) in [6, 6.07) is 23.0. The van der Waals surface area contributed by atoms with Gasteiger partial charge < -0.3 is 10.2 Å². The van der Waals surface area contributed by atoms with Crippen molar-refractivity contribution in [2.75, 3.05) is 28.2 Å². The first-order valence-electron chi connectivity index (χ1n) is 11.3. The van der Waals surface area contributed by atoms with E-state index >= 15 is 0 Å². The lowest BCUT2D eigenvalue weighted by molar-refractivity contribution is 0.107. The van der Waals surface area contributed by atoms with Crippen LogP contribution in [0.25, 0.3) is 0 Å². The first-order chi connectivity index (χ1) is 18.0. The molecule has 10 nitrogen and oxygen atoms in total. The van der Waals surface area contributed by atoms with Gasteiger partial charge in [-0.3, -0.25) is 9.52 Å². The Bertz CT molecular complexity index is 1660. The number of anilines is 5. The van der Waals surface area contributed by atoms with Gasteiger partial charge in [-0.1, -0.05) is 42.5 Å². The number of benzene rings is 3. The smallest absolute Gasteiger partial charge is 0.300 e. The van der Waals surface area contributed by atoms with Crippen molar-refractivity contribution in [3.63, 3.8) is 0 Å². The molecular formula is C26H25N5O5S2. The molecule has 38 heavy (non-hydrogen) atoms. The van der Waals surface area contributed by atoms with E-state index in [0.717, 1.165) is 0 Å². The Balaban J connectivity index is 1.46. The number of sulfone groups is 1. The first-order valence-corrected chi connectivity index (χ1v) is 14.9. The van der Waals surface area contributed by atoms with E-state index < -0.39 is 25.0 Å². The van der Waals surface area contributed by atoms with E-state index in [9.17, 15) is 21.6 Å². The highest BCUT2D eigenvalue weighted by molar-refractivity contribution is 8.07. The lowest BCUT2D eigenvalue weighted by Gasteiger charge is -2.19. The van der Waals surface area contributed by atoms with Gasteiger partial charge in [0.25, 0.3) is 5.12 Å². The molecule has 0 aliphatic heterocycles. The van der Waals surface area contributed by atoms with Gasteiger partial charge in [0, 0.05) is 42.1 Å². The summed E-state index contributed by atoms with van der Waals surface area (Å²) in [5.74, 6) is 0.802. The molecule has 0 radical (unpaired) electrons. The van der Waals surface area contributed by atoms with E-state index in [1.54, 1.807) is 90.9 Å². The van der Waals surface area contributed by atoms with E-state index in [2.05, 4.69) is 20.0 Å². The number of nitrogens with zero attached hydrogens (tertiary/aromatic N) is 3. The second kappa shape index (κ2) is 11.0. The maximum Gasteiger partial charge on any atom is 0.300 e. The third-order valence-electron chi connectivity index (χ3n) is 5.36. The highest BCUT2D eigenvalue weighted by atomic mass is 32.2. The summed E-state index contributed by atoms with van der Waals surface area (Å²) >= 11 is 0. The second-order valence-corrected chi connectivity index (χ2v) is 12.2. The van der Waals surface area contributed by atoms with Gasteiger partial charge in [-0.25, -0.2) is 13.4 Å². The van der Waals surface area contributed by atoms with Crippen molar-refractivity contribution in [2.45, 2.75) is 5.75 Å². The molecule has 0 aliphatic rings. The molecule has 1 aromatic heterocycles. The summed E-state index contributed by atoms with van der Waals surface area (Å²) < 4.78 is 50.5. The van der Waals surface area contributed by atoms with Crippen molar-refractivity contribution in [2.24, 2.45) is 0 Å². The van der Waals surface area contributed by atoms with Crippen LogP contribution in [0.4, 0.5) is 28.8 Å². The van der Waals surface area contributed by atoms with E-state index in [-0.39, 0.29) is 17.0 Å². The zero-order valence-corrected chi connectivity index (χ0v) is 22.2. The van der Waals surface area contributed by atoms with Gasteiger partial charge in [0.2, 0.25) is 5.95 Å². The predicted molar refractivity (Wildman–Crippen MR) is 148 cm³/mol. The SMILES string of the molecule is CN(c1ccc(NS(=O)(=O)C(=O)c2ccccc2)cc1)c1ccnc(Nc2cccc(CS(C)(=O)=O)c2)n1. The van der Waals surface area contributed by atoms with Crippen LogP contribution >= 0.6 is 0 Å². The third kappa shape index (κ3) is 6.93. The van der Waals surface area contributed by atoms with Crippen molar-refractivity contribution in [3.05, 3.63) is 102 Å². The quantitative estimate of drug-likeness (QED) is 0.315. The van der Waals surface area contributed by atoms with Gasteiger partial charge in [0.15, 0.2) is 9.84 Å². The predicted octanol–water partition coefficient (Wildman–Crippen LogP) is 4.11. The maximum atomic E-state index is 12.5. The number of aromatic nitrogens is 2. The fraction of sp³-hybridized carbons (Fsp3) is 0.115. The average molecular weight is 552 g/mol. The molecule has 2 N–H and O–H groups in total. The van der Waals surface area contributed by atoms with Crippen LogP contribution in [0.2, 0.25) is 0 Å². The van der Waals surface area contributed by atoms with Gasteiger partial charge in [-0.15, -0.1) is 0 Å². The molecule has 3 aromatic carbocycles. The van der Waals surface area contributed by atoms with Crippen molar-refractivity contribution in [3.8, 4) is 0 Å². The summed E-state index contributed by atoms with van der Waals surface area (Å²) in [6.45, 7) is 0. The summed E-state index contributed by atoms with van der Waals surface area (Å²) in [6.07, 6.45) is 2.76. The highest BCUT2D eigenvalue weighted by Gasteiger charge is 2.23. The summed E-state index contributed by atoms with van der Waals surface area (Å²) in [5, 5.41) is 2.07. The van der Waals surface area contributed by atoms with Gasteiger partial charge in [0.1, 0.15) is 5.82 Å². The van der Waals surface area contributed by atoms with Crippen LogP contribution in [-0.4, -0.2) is 45.2 Å². The van der Waals surface area contributed by atoms with Gasteiger partial charge in [0.05, 0.1) is 5.75 Å². The molecule has 4 rings (SSSR count). The minimum Gasteiger partial charge on any atom is -0.329 e. The number of nitrogens with one attached hydrogen (secondary N) is 2. The largest absolute Gasteiger partial charge is 0.329 e. The molecule has 0 unspecified atom stereocenters. The topological polar surface area (TPSA) is 138 Å². The number of carbonyl (C=O) groups is 1.